The van der Waals surface area contributed by atoms with Crippen LogP contribution in [0.15, 0.2) is 36.7 Å². The van der Waals surface area contributed by atoms with Crippen molar-refractivity contribution in [1.82, 2.24) is 19.8 Å². The van der Waals surface area contributed by atoms with Crippen LogP contribution in [-0.4, -0.2) is 64.4 Å². The summed E-state index contributed by atoms with van der Waals surface area (Å²) in [6.45, 7) is 5.51. The van der Waals surface area contributed by atoms with Gasteiger partial charge >= 0.3 is 5.97 Å². The molecule has 3 aromatic rings. The molecule has 200 valence electrons. The highest BCUT2D eigenvalue weighted by Gasteiger charge is 2.27. The van der Waals surface area contributed by atoms with Crippen molar-refractivity contribution >= 4 is 56.5 Å². The second kappa shape index (κ2) is 11.8. The first-order chi connectivity index (χ1) is 18.4. The summed E-state index contributed by atoms with van der Waals surface area (Å²) in [4.78, 5) is 39.9. The Morgan fingerprint density at radius 3 is 3.00 bits per heavy atom. The molecule has 1 saturated heterocycles. The first kappa shape index (κ1) is 26.5. The number of rotatable bonds is 7. The van der Waals surface area contributed by atoms with Crippen LogP contribution in [0.1, 0.15) is 30.2 Å². The number of amides is 1. The highest BCUT2D eigenvalue weighted by Crippen LogP contribution is 2.38. The minimum absolute atomic E-state index is 0.0301. The summed E-state index contributed by atoms with van der Waals surface area (Å²) in [5.74, 6) is -0.0958. The third kappa shape index (κ3) is 5.82. The molecule has 4 heterocycles. The van der Waals surface area contributed by atoms with Crippen molar-refractivity contribution in [1.29, 1.82) is 0 Å². The monoisotopic (exact) mass is 557 g/mol. The summed E-state index contributed by atoms with van der Waals surface area (Å²) in [5, 5.41) is 4.20. The number of carbonyl (C=O) groups excluding carboxylic acids is 2. The number of aromatic nitrogens is 2. The minimum Gasteiger partial charge on any atom is -0.466 e. The average Bonchev–Trinajstić information content (AvgIpc) is 3.30. The van der Waals surface area contributed by atoms with Crippen molar-refractivity contribution in [3.63, 3.8) is 0 Å². The molecule has 1 fully saturated rings. The SMILES string of the molecule is CCOC(=O)C1CCCN(CC=CC(=O)N2CCc3c(sc4ncnc(Nc5ccc(F)c(Cl)c5)c34)C2)C1. The maximum Gasteiger partial charge on any atom is 0.310 e. The Bertz CT molecular complexity index is 1380. The molecule has 2 aliphatic heterocycles. The lowest BCUT2D eigenvalue weighted by atomic mass is 9.98. The molecular weight excluding hydrogens is 529 g/mol. The Kier molecular flexibility index (Phi) is 8.21. The second-order valence-electron chi connectivity index (χ2n) is 9.42. The maximum absolute atomic E-state index is 13.6. The number of thiophene rings is 1. The van der Waals surface area contributed by atoms with E-state index in [1.807, 2.05) is 17.9 Å². The van der Waals surface area contributed by atoms with Crippen LogP contribution in [0.4, 0.5) is 15.9 Å². The van der Waals surface area contributed by atoms with E-state index >= 15 is 0 Å². The van der Waals surface area contributed by atoms with Gasteiger partial charge in [-0.05, 0) is 56.5 Å². The number of nitrogens with zero attached hydrogens (tertiary/aromatic N) is 4. The van der Waals surface area contributed by atoms with Crippen LogP contribution in [-0.2, 0) is 27.3 Å². The first-order valence-electron chi connectivity index (χ1n) is 12.7. The fourth-order valence-electron chi connectivity index (χ4n) is 5.00. The smallest absolute Gasteiger partial charge is 0.310 e. The van der Waals surface area contributed by atoms with Gasteiger partial charge in [-0.15, -0.1) is 11.3 Å². The summed E-state index contributed by atoms with van der Waals surface area (Å²) in [6.07, 6.45) is 7.50. The number of likely N-dealkylation sites (tertiary alicyclic amines) is 1. The van der Waals surface area contributed by atoms with Crippen molar-refractivity contribution in [3.8, 4) is 0 Å². The number of carbonyl (C=O) groups is 2. The van der Waals surface area contributed by atoms with E-state index in [4.69, 9.17) is 16.3 Å². The van der Waals surface area contributed by atoms with E-state index in [-0.39, 0.29) is 22.8 Å². The highest BCUT2D eigenvalue weighted by atomic mass is 35.5. The van der Waals surface area contributed by atoms with E-state index in [0.717, 1.165) is 40.0 Å². The molecular formula is C27H29ClFN5O3S. The maximum atomic E-state index is 13.6. The Morgan fingerprint density at radius 2 is 2.18 bits per heavy atom. The summed E-state index contributed by atoms with van der Waals surface area (Å²) in [5.41, 5.74) is 1.77. The van der Waals surface area contributed by atoms with E-state index in [9.17, 15) is 14.0 Å². The van der Waals surface area contributed by atoms with Gasteiger partial charge in [0.1, 0.15) is 22.8 Å². The molecule has 1 atom stereocenters. The Morgan fingerprint density at radius 1 is 1.32 bits per heavy atom. The van der Waals surface area contributed by atoms with Crippen LogP contribution < -0.4 is 5.32 Å². The zero-order valence-corrected chi connectivity index (χ0v) is 22.7. The predicted molar refractivity (Wildman–Crippen MR) is 146 cm³/mol. The van der Waals surface area contributed by atoms with Crippen molar-refractivity contribution < 1.29 is 18.7 Å². The lowest BCUT2D eigenvalue weighted by molar-refractivity contribution is -0.149. The molecule has 0 bridgehead atoms. The molecule has 1 unspecified atom stereocenters. The lowest BCUT2D eigenvalue weighted by Crippen LogP contribution is -2.39. The highest BCUT2D eigenvalue weighted by molar-refractivity contribution is 7.19. The molecule has 1 N–H and O–H groups in total. The number of piperidine rings is 1. The van der Waals surface area contributed by atoms with Gasteiger partial charge in [0.15, 0.2) is 0 Å². The van der Waals surface area contributed by atoms with Gasteiger partial charge in [-0.3, -0.25) is 14.5 Å². The molecule has 0 saturated carbocycles. The van der Waals surface area contributed by atoms with E-state index in [2.05, 4.69) is 20.2 Å². The Balaban J connectivity index is 1.23. The largest absolute Gasteiger partial charge is 0.466 e. The van der Waals surface area contributed by atoms with Gasteiger partial charge in [0.25, 0.3) is 0 Å². The van der Waals surface area contributed by atoms with Gasteiger partial charge in [0.05, 0.1) is 29.5 Å². The molecule has 1 aromatic carbocycles. The molecule has 1 amide bonds. The van der Waals surface area contributed by atoms with Crippen molar-refractivity contribution in [2.75, 3.05) is 38.1 Å². The van der Waals surface area contributed by atoms with Crippen LogP contribution in [0.25, 0.3) is 10.2 Å². The average molecular weight is 558 g/mol. The zero-order valence-electron chi connectivity index (χ0n) is 21.1. The van der Waals surface area contributed by atoms with Gasteiger partial charge in [-0.2, -0.15) is 0 Å². The number of hydrogen-bond donors (Lipinski definition) is 1. The summed E-state index contributed by atoms with van der Waals surface area (Å²) >= 11 is 7.50. The van der Waals surface area contributed by atoms with Gasteiger partial charge < -0.3 is 15.0 Å². The fourth-order valence-corrected chi connectivity index (χ4v) is 6.39. The molecule has 8 nitrogen and oxygen atoms in total. The summed E-state index contributed by atoms with van der Waals surface area (Å²) in [6, 6.07) is 4.45. The van der Waals surface area contributed by atoms with Gasteiger partial charge in [0, 0.05) is 36.3 Å². The molecule has 0 spiro atoms. The second-order valence-corrected chi connectivity index (χ2v) is 10.9. The van der Waals surface area contributed by atoms with E-state index in [1.165, 1.54) is 18.5 Å². The van der Waals surface area contributed by atoms with E-state index in [0.29, 0.717) is 50.7 Å². The van der Waals surface area contributed by atoms with Crippen molar-refractivity contribution in [2.24, 2.45) is 5.92 Å². The van der Waals surface area contributed by atoms with Gasteiger partial charge in [-0.1, -0.05) is 17.7 Å². The van der Waals surface area contributed by atoms with E-state index in [1.54, 1.807) is 23.5 Å². The third-order valence-corrected chi connectivity index (χ3v) is 8.29. The minimum atomic E-state index is -0.478. The Hall–Kier alpha value is -3.08. The third-order valence-electron chi connectivity index (χ3n) is 6.88. The molecule has 11 heteroatoms. The fraction of sp³-hybridized carbons (Fsp3) is 0.407. The molecule has 0 radical (unpaired) electrons. The number of hydrogen-bond acceptors (Lipinski definition) is 8. The number of benzene rings is 1. The van der Waals surface area contributed by atoms with Crippen LogP contribution in [0.5, 0.6) is 0 Å². The number of nitrogens with one attached hydrogen (secondary N) is 1. The van der Waals surface area contributed by atoms with Crippen LogP contribution in [0, 0.1) is 11.7 Å². The number of halogens is 2. The number of fused-ring (bicyclic) bond motifs is 3. The quantitative estimate of drug-likeness (QED) is 0.325. The number of esters is 1. The van der Waals surface area contributed by atoms with E-state index < -0.39 is 5.82 Å². The van der Waals surface area contributed by atoms with Crippen LogP contribution >= 0.6 is 22.9 Å². The van der Waals surface area contributed by atoms with Gasteiger partial charge in [-0.25, -0.2) is 14.4 Å². The number of ether oxygens (including phenoxy) is 1. The molecule has 2 aromatic heterocycles. The van der Waals surface area contributed by atoms with Crippen LogP contribution in [0.2, 0.25) is 5.02 Å². The zero-order chi connectivity index (χ0) is 26.6. The van der Waals surface area contributed by atoms with Crippen molar-refractivity contribution in [2.45, 2.75) is 32.7 Å². The molecule has 38 heavy (non-hydrogen) atoms. The standard InChI is InChI=1S/C27H29ClFN5O3S/c1-2-37-27(36)17-5-3-10-33(14-17)11-4-6-23(35)34-12-9-19-22(15-34)38-26-24(19)25(30-16-31-26)32-18-7-8-21(29)20(28)13-18/h4,6-8,13,16-17H,2-3,5,9-12,14-15H2,1H3,(H,30,31,32). The molecule has 5 rings (SSSR count). The first-order valence-corrected chi connectivity index (χ1v) is 13.9. The van der Waals surface area contributed by atoms with Crippen molar-refractivity contribution in [3.05, 3.63) is 58.0 Å². The summed E-state index contributed by atoms with van der Waals surface area (Å²) < 4.78 is 18.7. The molecule has 0 aliphatic carbocycles. The normalized spacial score (nSPS) is 18.1. The number of anilines is 2. The lowest BCUT2D eigenvalue weighted by Gasteiger charge is -2.30. The predicted octanol–water partition coefficient (Wildman–Crippen LogP) is 4.94. The van der Waals surface area contributed by atoms with Gasteiger partial charge in [0.2, 0.25) is 5.91 Å². The Labute approximate surface area is 229 Å². The van der Waals surface area contributed by atoms with Crippen LogP contribution in [0.3, 0.4) is 0 Å². The molecule has 2 aliphatic rings. The topological polar surface area (TPSA) is 87.7 Å². The summed E-state index contributed by atoms with van der Waals surface area (Å²) in [7, 11) is 0.